The summed E-state index contributed by atoms with van der Waals surface area (Å²) in [5, 5.41) is 15.9. The van der Waals surface area contributed by atoms with Gasteiger partial charge in [-0.15, -0.1) is 11.3 Å². The summed E-state index contributed by atoms with van der Waals surface area (Å²) in [5.74, 6) is -1.15. The maximum Gasteiger partial charge on any atom is 0.345 e. The lowest BCUT2D eigenvalue weighted by Gasteiger charge is -2.02. The summed E-state index contributed by atoms with van der Waals surface area (Å²) in [5.41, 5.74) is 0. The highest BCUT2D eigenvalue weighted by atomic mass is 32.1. The molecule has 0 atom stereocenters. The van der Waals surface area contributed by atoms with Crippen LogP contribution in [0, 0.1) is 0 Å². The molecule has 2 N–H and O–H groups in total. The van der Waals surface area contributed by atoms with Crippen LogP contribution < -0.4 is 5.32 Å². The van der Waals surface area contributed by atoms with Crippen molar-refractivity contribution >= 4 is 28.2 Å². The first kappa shape index (κ1) is 12.3. The number of thiophene rings is 1. The molecule has 2 aromatic heterocycles. The van der Waals surface area contributed by atoms with Crippen molar-refractivity contribution < 1.29 is 14.7 Å². The maximum absolute atomic E-state index is 11.6. The Bertz CT molecular complexity index is 548. The van der Waals surface area contributed by atoms with E-state index in [0.717, 1.165) is 11.3 Å². The third-order valence-electron chi connectivity index (χ3n) is 2.21. The van der Waals surface area contributed by atoms with E-state index in [9.17, 15) is 9.59 Å². The number of nitrogens with one attached hydrogen (secondary N) is 1. The van der Waals surface area contributed by atoms with Gasteiger partial charge in [-0.3, -0.25) is 9.48 Å². The molecule has 2 aromatic rings. The van der Waals surface area contributed by atoms with Crippen molar-refractivity contribution in [1.29, 1.82) is 0 Å². The number of anilines is 1. The van der Waals surface area contributed by atoms with Gasteiger partial charge in [0, 0.05) is 25.4 Å². The molecule has 18 heavy (non-hydrogen) atoms. The molecule has 0 bridgehead atoms. The van der Waals surface area contributed by atoms with E-state index in [1.807, 2.05) is 0 Å². The molecule has 0 fully saturated rings. The number of amides is 1. The summed E-state index contributed by atoms with van der Waals surface area (Å²) in [4.78, 5) is 22.5. The van der Waals surface area contributed by atoms with Crippen molar-refractivity contribution in [1.82, 2.24) is 9.78 Å². The van der Waals surface area contributed by atoms with Crippen LogP contribution in [-0.2, 0) is 11.3 Å². The molecule has 2 heterocycles. The first-order chi connectivity index (χ1) is 8.65. The number of rotatable bonds is 5. The van der Waals surface area contributed by atoms with Crippen molar-refractivity contribution in [2.45, 2.75) is 13.0 Å². The molecule has 1 amide bonds. The number of carboxylic acid groups (broad SMARTS) is 1. The van der Waals surface area contributed by atoms with Crippen LogP contribution in [0.2, 0.25) is 0 Å². The number of carboxylic acids is 1. The van der Waals surface area contributed by atoms with Gasteiger partial charge in [-0.2, -0.15) is 5.10 Å². The maximum atomic E-state index is 11.6. The second-order valence-corrected chi connectivity index (χ2v) is 4.62. The molecule has 0 aromatic carbocycles. The number of nitrogens with zero attached hydrogens (tertiary/aromatic N) is 2. The highest BCUT2D eigenvalue weighted by Crippen LogP contribution is 2.21. The smallest absolute Gasteiger partial charge is 0.345 e. The first-order valence-corrected chi connectivity index (χ1v) is 6.07. The molecule has 94 valence electrons. The number of aromatic carboxylic acids is 1. The van der Waals surface area contributed by atoms with Crippen LogP contribution in [-0.4, -0.2) is 26.8 Å². The Kier molecular flexibility index (Phi) is 3.73. The molecule has 7 heteroatoms. The van der Waals surface area contributed by atoms with Gasteiger partial charge < -0.3 is 10.4 Å². The summed E-state index contributed by atoms with van der Waals surface area (Å²) < 4.78 is 1.66. The lowest BCUT2D eigenvalue weighted by molar-refractivity contribution is -0.116. The van der Waals surface area contributed by atoms with Crippen LogP contribution >= 0.6 is 11.3 Å². The van der Waals surface area contributed by atoms with Crippen molar-refractivity contribution in [3.63, 3.8) is 0 Å². The number of hydrogen-bond acceptors (Lipinski definition) is 4. The predicted octanol–water partition coefficient (Wildman–Crippen LogP) is 1.67. The van der Waals surface area contributed by atoms with Crippen LogP contribution in [0.3, 0.4) is 0 Å². The summed E-state index contributed by atoms with van der Waals surface area (Å²) in [6.45, 7) is 0.496. The quantitative estimate of drug-likeness (QED) is 0.861. The van der Waals surface area contributed by atoms with Crippen LogP contribution in [0.5, 0.6) is 0 Å². The molecule has 0 radical (unpaired) electrons. The van der Waals surface area contributed by atoms with E-state index in [1.54, 1.807) is 29.2 Å². The molecule has 0 spiro atoms. The average Bonchev–Trinajstić information content (AvgIpc) is 2.96. The molecule has 0 aliphatic rings. The van der Waals surface area contributed by atoms with E-state index in [4.69, 9.17) is 5.11 Å². The molecule has 0 aliphatic carbocycles. The third kappa shape index (κ3) is 3.17. The van der Waals surface area contributed by atoms with Gasteiger partial charge in [0.25, 0.3) is 0 Å². The Hall–Kier alpha value is -2.15. The van der Waals surface area contributed by atoms with Gasteiger partial charge in [-0.1, -0.05) is 0 Å². The average molecular weight is 265 g/mol. The van der Waals surface area contributed by atoms with Crippen LogP contribution in [0.4, 0.5) is 5.00 Å². The Balaban J connectivity index is 1.85. The van der Waals surface area contributed by atoms with Crippen molar-refractivity contribution in [2.24, 2.45) is 0 Å². The zero-order valence-electron chi connectivity index (χ0n) is 9.37. The van der Waals surface area contributed by atoms with Crippen molar-refractivity contribution in [3.8, 4) is 0 Å². The molecule has 0 aliphatic heterocycles. The first-order valence-electron chi connectivity index (χ1n) is 5.25. The van der Waals surface area contributed by atoms with Crippen LogP contribution in [0.1, 0.15) is 16.1 Å². The van der Waals surface area contributed by atoms with Gasteiger partial charge in [-0.25, -0.2) is 4.79 Å². The van der Waals surface area contributed by atoms with E-state index in [-0.39, 0.29) is 10.8 Å². The summed E-state index contributed by atoms with van der Waals surface area (Å²) in [6, 6.07) is 4.84. The Morgan fingerprint density at radius 3 is 2.89 bits per heavy atom. The molecular weight excluding hydrogens is 254 g/mol. The van der Waals surface area contributed by atoms with Crippen LogP contribution in [0.15, 0.2) is 30.6 Å². The van der Waals surface area contributed by atoms with E-state index in [1.165, 1.54) is 6.07 Å². The monoisotopic (exact) mass is 265 g/mol. The van der Waals surface area contributed by atoms with Gasteiger partial charge in [0.2, 0.25) is 5.91 Å². The van der Waals surface area contributed by atoms with E-state index in [0.29, 0.717) is 18.0 Å². The Morgan fingerprint density at radius 2 is 2.28 bits per heavy atom. The number of hydrogen-bond donors (Lipinski definition) is 2. The highest BCUT2D eigenvalue weighted by Gasteiger charge is 2.09. The molecule has 0 saturated heterocycles. The topological polar surface area (TPSA) is 84.2 Å². The lowest BCUT2D eigenvalue weighted by atomic mass is 10.4. The van der Waals surface area contributed by atoms with E-state index >= 15 is 0 Å². The highest BCUT2D eigenvalue weighted by molar-refractivity contribution is 7.18. The van der Waals surface area contributed by atoms with Crippen molar-refractivity contribution in [3.05, 3.63) is 35.5 Å². The number of carbonyl (C=O) groups is 2. The lowest BCUT2D eigenvalue weighted by Crippen LogP contribution is -2.13. The van der Waals surface area contributed by atoms with Gasteiger partial charge >= 0.3 is 5.97 Å². The van der Waals surface area contributed by atoms with Crippen molar-refractivity contribution in [2.75, 3.05) is 5.32 Å². The second kappa shape index (κ2) is 5.46. The summed E-state index contributed by atoms with van der Waals surface area (Å²) in [6.07, 6.45) is 3.72. The second-order valence-electron chi connectivity index (χ2n) is 3.54. The zero-order chi connectivity index (χ0) is 13.0. The van der Waals surface area contributed by atoms with Gasteiger partial charge in [-0.05, 0) is 18.2 Å². The number of aromatic nitrogens is 2. The predicted molar refractivity (Wildman–Crippen MR) is 66.8 cm³/mol. The summed E-state index contributed by atoms with van der Waals surface area (Å²) >= 11 is 1.04. The minimum Gasteiger partial charge on any atom is -0.477 e. The molecule has 2 rings (SSSR count). The minimum absolute atomic E-state index is 0.163. The Labute approximate surface area is 107 Å². The SMILES string of the molecule is O=C(CCn1cccn1)Nc1ccc(C(=O)O)s1. The number of carbonyl (C=O) groups excluding carboxylic acids is 1. The fourth-order valence-corrected chi connectivity index (χ4v) is 2.13. The standard InChI is InChI=1S/C11H11N3O3S/c15-9(4-7-14-6-1-5-12-14)13-10-3-2-8(18-10)11(16)17/h1-3,5-6H,4,7H2,(H,13,15)(H,16,17). The largest absolute Gasteiger partial charge is 0.477 e. The molecule has 0 unspecified atom stereocenters. The van der Waals surface area contributed by atoms with Gasteiger partial charge in [0.1, 0.15) is 4.88 Å². The zero-order valence-corrected chi connectivity index (χ0v) is 10.2. The minimum atomic E-state index is -0.989. The molecule has 0 saturated carbocycles. The van der Waals surface area contributed by atoms with E-state index in [2.05, 4.69) is 10.4 Å². The fraction of sp³-hybridized carbons (Fsp3) is 0.182. The van der Waals surface area contributed by atoms with E-state index < -0.39 is 5.97 Å². The van der Waals surface area contributed by atoms with Gasteiger partial charge in [0.05, 0.1) is 5.00 Å². The van der Waals surface area contributed by atoms with Gasteiger partial charge in [0.15, 0.2) is 0 Å². The molecule has 6 nitrogen and oxygen atoms in total. The Morgan fingerprint density at radius 1 is 1.44 bits per heavy atom. The normalized spacial score (nSPS) is 10.2. The van der Waals surface area contributed by atoms with Crippen LogP contribution in [0.25, 0.3) is 0 Å². The summed E-state index contributed by atoms with van der Waals surface area (Å²) in [7, 11) is 0. The number of aryl methyl sites for hydroxylation is 1. The third-order valence-corrected chi connectivity index (χ3v) is 3.20. The molecular formula is C11H11N3O3S. The fourth-order valence-electron chi connectivity index (χ4n) is 1.37.